The van der Waals surface area contributed by atoms with Crippen LogP contribution < -0.4 is 0 Å². The molecule has 1 unspecified atom stereocenters. The molecule has 1 atom stereocenters. The third-order valence-corrected chi connectivity index (χ3v) is 4.86. The summed E-state index contributed by atoms with van der Waals surface area (Å²) in [4.78, 5) is 14.8. The molecule has 1 saturated heterocycles. The molecule has 5 nitrogen and oxygen atoms in total. The van der Waals surface area contributed by atoms with Gasteiger partial charge >= 0.3 is 0 Å². The standard InChI is InChI=1S/C21H21FN2O3/c22-16-9-7-15(8-10-16)13-24(14-17-4-3-11-26-17)21(25)12-19-18-5-1-2-6-20(18)27-23-19/h1-2,5-10,17H,3-4,11-14H2. The van der Waals surface area contributed by atoms with Crippen molar-refractivity contribution >= 4 is 16.9 Å². The van der Waals surface area contributed by atoms with Gasteiger partial charge in [-0.2, -0.15) is 0 Å². The van der Waals surface area contributed by atoms with Gasteiger partial charge in [0, 0.05) is 25.1 Å². The van der Waals surface area contributed by atoms with Crippen molar-refractivity contribution in [1.82, 2.24) is 10.1 Å². The Bertz CT molecular complexity index is 917. The van der Waals surface area contributed by atoms with Gasteiger partial charge in [0.2, 0.25) is 5.91 Å². The molecular weight excluding hydrogens is 347 g/mol. The molecule has 1 fully saturated rings. The van der Waals surface area contributed by atoms with E-state index in [9.17, 15) is 9.18 Å². The van der Waals surface area contributed by atoms with Crippen LogP contribution in [0.25, 0.3) is 11.0 Å². The number of rotatable bonds is 6. The molecular formula is C21H21FN2O3. The van der Waals surface area contributed by atoms with E-state index in [2.05, 4.69) is 5.16 Å². The molecule has 0 bridgehead atoms. The topological polar surface area (TPSA) is 55.6 Å². The highest BCUT2D eigenvalue weighted by atomic mass is 19.1. The van der Waals surface area contributed by atoms with Gasteiger partial charge in [-0.05, 0) is 42.7 Å². The average Bonchev–Trinajstić information content (AvgIpc) is 3.33. The Kier molecular flexibility index (Phi) is 5.16. The number of hydrogen-bond donors (Lipinski definition) is 0. The molecule has 27 heavy (non-hydrogen) atoms. The minimum Gasteiger partial charge on any atom is -0.376 e. The SMILES string of the molecule is O=C(Cc1noc2ccccc12)N(Cc1ccc(F)cc1)CC1CCCO1. The van der Waals surface area contributed by atoms with Crippen LogP contribution in [0.1, 0.15) is 24.1 Å². The van der Waals surface area contributed by atoms with E-state index < -0.39 is 0 Å². The lowest BCUT2D eigenvalue weighted by atomic mass is 10.1. The maximum absolute atomic E-state index is 13.2. The van der Waals surface area contributed by atoms with Crippen LogP contribution in [-0.2, 0) is 22.5 Å². The number of halogens is 1. The van der Waals surface area contributed by atoms with Gasteiger partial charge in [0.1, 0.15) is 11.5 Å². The summed E-state index contributed by atoms with van der Waals surface area (Å²) in [5, 5.41) is 4.92. The van der Waals surface area contributed by atoms with Crippen LogP contribution in [0.5, 0.6) is 0 Å². The summed E-state index contributed by atoms with van der Waals surface area (Å²) < 4.78 is 24.2. The van der Waals surface area contributed by atoms with Crippen LogP contribution in [0.15, 0.2) is 53.1 Å². The number of carbonyl (C=O) groups excluding carboxylic acids is 1. The van der Waals surface area contributed by atoms with Gasteiger partial charge in [0.05, 0.1) is 12.5 Å². The van der Waals surface area contributed by atoms with Crippen molar-refractivity contribution in [2.45, 2.75) is 31.9 Å². The molecule has 3 aromatic rings. The highest BCUT2D eigenvalue weighted by Gasteiger charge is 2.24. The summed E-state index contributed by atoms with van der Waals surface area (Å²) >= 11 is 0. The summed E-state index contributed by atoms with van der Waals surface area (Å²) in [7, 11) is 0. The van der Waals surface area contributed by atoms with E-state index in [1.54, 1.807) is 17.0 Å². The van der Waals surface area contributed by atoms with Gasteiger partial charge in [-0.25, -0.2) is 4.39 Å². The summed E-state index contributed by atoms with van der Waals surface area (Å²) in [6.45, 7) is 1.66. The lowest BCUT2D eigenvalue weighted by Gasteiger charge is -2.25. The van der Waals surface area contributed by atoms with Gasteiger partial charge in [0.15, 0.2) is 5.58 Å². The molecule has 1 aromatic heterocycles. The van der Waals surface area contributed by atoms with E-state index in [1.807, 2.05) is 24.3 Å². The van der Waals surface area contributed by atoms with Crippen LogP contribution >= 0.6 is 0 Å². The minimum absolute atomic E-state index is 0.0449. The molecule has 0 spiro atoms. The Labute approximate surface area is 156 Å². The zero-order valence-corrected chi connectivity index (χ0v) is 14.9. The van der Waals surface area contributed by atoms with Crippen molar-refractivity contribution in [2.75, 3.05) is 13.2 Å². The number of benzene rings is 2. The Balaban J connectivity index is 1.52. The number of ether oxygens (including phenoxy) is 1. The van der Waals surface area contributed by atoms with Crippen LogP contribution in [0.2, 0.25) is 0 Å². The second-order valence-electron chi connectivity index (χ2n) is 6.84. The number of para-hydroxylation sites is 1. The van der Waals surface area contributed by atoms with Crippen molar-refractivity contribution in [1.29, 1.82) is 0 Å². The summed E-state index contributed by atoms with van der Waals surface area (Å²) in [6, 6.07) is 13.7. The maximum atomic E-state index is 13.2. The predicted octanol–water partition coefficient (Wildman–Crippen LogP) is 3.72. The van der Waals surface area contributed by atoms with Crippen LogP contribution in [0.4, 0.5) is 4.39 Å². The van der Waals surface area contributed by atoms with Crippen molar-refractivity contribution in [3.8, 4) is 0 Å². The number of aromatic nitrogens is 1. The molecule has 0 radical (unpaired) electrons. The molecule has 4 rings (SSSR count). The largest absolute Gasteiger partial charge is 0.376 e. The zero-order chi connectivity index (χ0) is 18.6. The number of nitrogens with zero attached hydrogens (tertiary/aromatic N) is 2. The number of carbonyl (C=O) groups is 1. The number of fused-ring (bicyclic) bond motifs is 1. The van der Waals surface area contributed by atoms with Crippen LogP contribution in [0, 0.1) is 5.82 Å². The van der Waals surface area contributed by atoms with E-state index in [0.717, 1.165) is 30.4 Å². The van der Waals surface area contributed by atoms with Crippen molar-refractivity contribution in [3.05, 3.63) is 65.6 Å². The molecule has 1 amide bonds. The Morgan fingerprint density at radius 1 is 1.19 bits per heavy atom. The fourth-order valence-corrected chi connectivity index (χ4v) is 3.42. The fourth-order valence-electron chi connectivity index (χ4n) is 3.42. The number of amides is 1. The number of hydrogen-bond acceptors (Lipinski definition) is 4. The predicted molar refractivity (Wildman–Crippen MR) is 98.5 cm³/mol. The highest BCUT2D eigenvalue weighted by molar-refractivity contribution is 5.86. The van der Waals surface area contributed by atoms with E-state index in [1.165, 1.54) is 12.1 Å². The normalized spacial score (nSPS) is 16.7. The monoisotopic (exact) mass is 368 g/mol. The fraction of sp³-hybridized carbons (Fsp3) is 0.333. The van der Waals surface area contributed by atoms with Gasteiger partial charge in [-0.15, -0.1) is 0 Å². The Morgan fingerprint density at radius 2 is 2.00 bits per heavy atom. The van der Waals surface area contributed by atoms with Crippen molar-refractivity contribution < 1.29 is 18.4 Å². The minimum atomic E-state index is -0.287. The first-order valence-electron chi connectivity index (χ1n) is 9.16. The zero-order valence-electron chi connectivity index (χ0n) is 14.9. The van der Waals surface area contributed by atoms with Crippen molar-refractivity contribution in [3.63, 3.8) is 0 Å². The summed E-state index contributed by atoms with van der Waals surface area (Å²) in [5.41, 5.74) is 2.18. The van der Waals surface area contributed by atoms with E-state index >= 15 is 0 Å². The second kappa shape index (κ2) is 7.88. The maximum Gasteiger partial charge on any atom is 0.229 e. The van der Waals surface area contributed by atoms with Crippen LogP contribution in [-0.4, -0.2) is 35.2 Å². The quantitative estimate of drug-likeness (QED) is 0.665. The first-order chi connectivity index (χ1) is 13.2. The highest BCUT2D eigenvalue weighted by Crippen LogP contribution is 2.20. The smallest absolute Gasteiger partial charge is 0.229 e. The van der Waals surface area contributed by atoms with Gasteiger partial charge in [-0.3, -0.25) is 4.79 Å². The molecule has 140 valence electrons. The van der Waals surface area contributed by atoms with Gasteiger partial charge < -0.3 is 14.2 Å². The summed E-state index contributed by atoms with van der Waals surface area (Å²) in [6.07, 6.45) is 2.16. The second-order valence-corrected chi connectivity index (χ2v) is 6.84. The molecule has 2 aromatic carbocycles. The summed E-state index contributed by atoms with van der Waals surface area (Å²) in [5.74, 6) is -0.335. The Morgan fingerprint density at radius 3 is 2.78 bits per heavy atom. The molecule has 0 aliphatic carbocycles. The molecule has 6 heteroatoms. The van der Waals surface area contributed by atoms with Gasteiger partial charge in [-0.1, -0.05) is 29.4 Å². The van der Waals surface area contributed by atoms with Crippen molar-refractivity contribution in [2.24, 2.45) is 0 Å². The Hall–Kier alpha value is -2.73. The van der Waals surface area contributed by atoms with Gasteiger partial charge in [0.25, 0.3) is 0 Å². The first kappa shape index (κ1) is 17.7. The average molecular weight is 368 g/mol. The van der Waals surface area contributed by atoms with E-state index in [0.29, 0.717) is 24.4 Å². The molecule has 0 N–H and O–H groups in total. The lowest BCUT2D eigenvalue weighted by molar-refractivity contribution is -0.132. The van der Waals surface area contributed by atoms with E-state index in [-0.39, 0.29) is 24.2 Å². The lowest BCUT2D eigenvalue weighted by Crippen LogP contribution is -2.38. The molecule has 2 heterocycles. The molecule has 0 saturated carbocycles. The first-order valence-corrected chi connectivity index (χ1v) is 9.16. The molecule has 1 aliphatic heterocycles. The van der Waals surface area contributed by atoms with E-state index in [4.69, 9.17) is 9.26 Å². The van der Waals surface area contributed by atoms with Crippen LogP contribution in [0.3, 0.4) is 0 Å². The molecule has 1 aliphatic rings. The third-order valence-electron chi connectivity index (χ3n) is 4.86. The third kappa shape index (κ3) is 4.17.